The first-order valence-corrected chi connectivity index (χ1v) is 7.48. The van der Waals surface area contributed by atoms with Crippen LogP contribution >= 0.6 is 11.6 Å². The summed E-state index contributed by atoms with van der Waals surface area (Å²) in [6, 6.07) is 1.40. The van der Waals surface area contributed by atoms with Crippen molar-refractivity contribution in [3.05, 3.63) is 33.4 Å². The molecule has 1 N–H and O–H groups in total. The minimum Gasteiger partial charge on any atom is -0.444 e. The number of nitrogens with one attached hydrogen (secondary N) is 1. The molecule has 2 aromatic heterocycles. The van der Waals surface area contributed by atoms with Gasteiger partial charge in [-0.3, -0.25) is 14.8 Å². The SMILES string of the molecule is CC(C)(C)OC(=O)N1Cc2[nH]n3c(=O)cc(CCl)nc3c2C1. The third-order valence-corrected chi connectivity index (χ3v) is 3.61. The lowest BCUT2D eigenvalue weighted by atomic mass is 10.2. The van der Waals surface area contributed by atoms with E-state index in [4.69, 9.17) is 16.3 Å². The zero-order valence-corrected chi connectivity index (χ0v) is 13.4. The normalized spacial score (nSPS) is 14.5. The fraction of sp³-hybridized carbons (Fsp3) is 0.500. The molecule has 0 radical (unpaired) electrons. The summed E-state index contributed by atoms with van der Waals surface area (Å²) < 4.78 is 6.75. The van der Waals surface area contributed by atoms with Gasteiger partial charge in [0.25, 0.3) is 5.56 Å². The minimum absolute atomic E-state index is 0.168. The average Bonchev–Trinajstić information content (AvgIpc) is 2.95. The Bertz CT molecular complexity index is 803. The molecule has 1 amide bonds. The summed E-state index contributed by atoms with van der Waals surface area (Å²) in [7, 11) is 0. The molecule has 22 heavy (non-hydrogen) atoms. The summed E-state index contributed by atoms with van der Waals surface area (Å²) in [6.45, 7) is 6.19. The number of amides is 1. The number of alkyl halides is 1. The van der Waals surface area contributed by atoms with Crippen molar-refractivity contribution in [2.45, 2.75) is 45.3 Å². The van der Waals surface area contributed by atoms with Gasteiger partial charge in [0.15, 0.2) is 5.65 Å². The number of halogens is 1. The van der Waals surface area contributed by atoms with E-state index >= 15 is 0 Å². The highest BCUT2D eigenvalue weighted by molar-refractivity contribution is 6.16. The van der Waals surface area contributed by atoms with Crippen LogP contribution in [0.4, 0.5) is 4.79 Å². The van der Waals surface area contributed by atoms with Crippen LogP contribution in [0.3, 0.4) is 0 Å². The van der Waals surface area contributed by atoms with E-state index < -0.39 is 5.60 Å². The van der Waals surface area contributed by atoms with Gasteiger partial charge < -0.3 is 4.74 Å². The Morgan fingerprint density at radius 1 is 1.45 bits per heavy atom. The molecule has 3 rings (SSSR count). The molecular weight excluding hydrogens is 308 g/mol. The van der Waals surface area contributed by atoms with E-state index in [0.717, 1.165) is 11.3 Å². The third-order valence-electron chi connectivity index (χ3n) is 3.34. The number of hydrogen-bond acceptors (Lipinski definition) is 4. The fourth-order valence-corrected chi connectivity index (χ4v) is 2.57. The van der Waals surface area contributed by atoms with Gasteiger partial charge >= 0.3 is 6.09 Å². The van der Waals surface area contributed by atoms with Crippen molar-refractivity contribution in [2.24, 2.45) is 0 Å². The van der Waals surface area contributed by atoms with Crippen LogP contribution in [0.5, 0.6) is 0 Å². The highest BCUT2D eigenvalue weighted by Crippen LogP contribution is 2.26. The van der Waals surface area contributed by atoms with Crippen LogP contribution in [0.15, 0.2) is 10.9 Å². The second-order valence-electron chi connectivity index (χ2n) is 6.28. The molecule has 0 aromatic carbocycles. The molecule has 0 aliphatic carbocycles. The van der Waals surface area contributed by atoms with Crippen molar-refractivity contribution in [3.8, 4) is 0 Å². The predicted octanol–water partition coefficient (Wildman–Crippen LogP) is 2.01. The molecule has 0 bridgehead atoms. The topological polar surface area (TPSA) is 79.7 Å². The van der Waals surface area contributed by atoms with E-state index in [1.165, 1.54) is 10.6 Å². The predicted molar refractivity (Wildman–Crippen MR) is 80.9 cm³/mol. The maximum Gasteiger partial charge on any atom is 0.410 e. The number of fused-ring (bicyclic) bond motifs is 3. The van der Waals surface area contributed by atoms with Gasteiger partial charge in [-0.05, 0) is 20.8 Å². The minimum atomic E-state index is -0.545. The summed E-state index contributed by atoms with van der Waals surface area (Å²) >= 11 is 5.76. The first-order chi connectivity index (χ1) is 10.3. The molecule has 0 atom stereocenters. The monoisotopic (exact) mass is 324 g/mol. The molecule has 1 aliphatic rings. The number of aromatic amines is 1. The van der Waals surface area contributed by atoms with Gasteiger partial charge in [0.2, 0.25) is 0 Å². The molecular formula is C14H17ClN4O3. The van der Waals surface area contributed by atoms with E-state index in [-0.39, 0.29) is 17.5 Å². The molecule has 0 unspecified atom stereocenters. The van der Waals surface area contributed by atoms with Gasteiger partial charge in [0, 0.05) is 11.6 Å². The van der Waals surface area contributed by atoms with Crippen molar-refractivity contribution >= 4 is 23.3 Å². The number of nitrogens with zero attached hydrogens (tertiary/aromatic N) is 3. The number of H-pyrrole nitrogens is 1. The van der Waals surface area contributed by atoms with Crippen LogP contribution in [0.1, 0.15) is 37.7 Å². The van der Waals surface area contributed by atoms with Gasteiger partial charge in [-0.25, -0.2) is 14.3 Å². The highest BCUT2D eigenvalue weighted by Gasteiger charge is 2.31. The number of hydrogen-bond donors (Lipinski definition) is 1. The summed E-state index contributed by atoms with van der Waals surface area (Å²) in [5, 5.41) is 2.99. The van der Waals surface area contributed by atoms with Gasteiger partial charge in [-0.1, -0.05) is 0 Å². The van der Waals surface area contributed by atoms with Crippen molar-refractivity contribution in [2.75, 3.05) is 0 Å². The quantitative estimate of drug-likeness (QED) is 0.814. The number of aromatic nitrogens is 3. The molecule has 1 aliphatic heterocycles. The highest BCUT2D eigenvalue weighted by atomic mass is 35.5. The fourth-order valence-electron chi connectivity index (χ4n) is 2.44. The molecule has 118 valence electrons. The lowest BCUT2D eigenvalue weighted by molar-refractivity contribution is 0.0240. The van der Waals surface area contributed by atoms with Crippen molar-refractivity contribution < 1.29 is 9.53 Å². The maximum absolute atomic E-state index is 12.1. The summed E-state index contributed by atoms with van der Waals surface area (Å²) in [6.07, 6.45) is -0.383. The lowest BCUT2D eigenvalue weighted by Crippen LogP contribution is -2.33. The van der Waals surface area contributed by atoms with Gasteiger partial charge in [-0.2, -0.15) is 0 Å². The zero-order chi connectivity index (χ0) is 16.1. The molecule has 2 aromatic rings. The van der Waals surface area contributed by atoms with Gasteiger partial charge in [-0.15, -0.1) is 11.6 Å². The Hall–Kier alpha value is -2.02. The van der Waals surface area contributed by atoms with Crippen LogP contribution in [0.25, 0.3) is 5.65 Å². The van der Waals surface area contributed by atoms with Crippen LogP contribution < -0.4 is 5.56 Å². The number of ether oxygens (including phenoxy) is 1. The summed E-state index contributed by atoms with van der Waals surface area (Å²) in [4.78, 5) is 30.1. The van der Waals surface area contributed by atoms with E-state index in [9.17, 15) is 9.59 Å². The molecule has 0 saturated carbocycles. The number of carbonyl (C=O) groups is 1. The van der Waals surface area contributed by atoms with Crippen LogP contribution in [0, 0.1) is 0 Å². The molecule has 0 saturated heterocycles. The second kappa shape index (κ2) is 5.01. The zero-order valence-electron chi connectivity index (χ0n) is 12.6. The standard InChI is InChI=1S/C14H17ClN4O3/c1-14(2,3)22-13(21)18-6-9-10(7-18)17-19-11(20)4-8(5-15)16-12(9)19/h4,17H,5-7H2,1-3H3. The Morgan fingerprint density at radius 2 is 2.18 bits per heavy atom. The smallest absolute Gasteiger partial charge is 0.410 e. The van der Waals surface area contributed by atoms with Crippen molar-refractivity contribution in [3.63, 3.8) is 0 Å². The first kappa shape index (κ1) is 14.9. The molecule has 7 nitrogen and oxygen atoms in total. The Kier molecular flexibility index (Phi) is 3.40. The van der Waals surface area contributed by atoms with Gasteiger partial charge in [0.05, 0.1) is 30.4 Å². The van der Waals surface area contributed by atoms with Crippen molar-refractivity contribution in [1.82, 2.24) is 19.5 Å². The third kappa shape index (κ3) is 2.56. The Morgan fingerprint density at radius 3 is 2.82 bits per heavy atom. The van der Waals surface area contributed by atoms with Crippen LogP contribution in [0.2, 0.25) is 0 Å². The largest absolute Gasteiger partial charge is 0.444 e. The molecule has 3 heterocycles. The van der Waals surface area contributed by atoms with Gasteiger partial charge in [0.1, 0.15) is 5.60 Å². The van der Waals surface area contributed by atoms with E-state index in [1.54, 1.807) is 4.90 Å². The van der Waals surface area contributed by atoms with Crippen LogP contribution in [-0.4, -0.2) is 31.2 Å². The van der Waals surface area contributed by atoms with Crippen LogP contribution in [-0.2, 0) is 23.7 Å². The number of carbonyl (C=O) groups excluding carboxylic acids is 1. The first-order valence-electron chi connectivity index (χ1n) is 6.95. The van der Waals surface area contributed by atoms with E-state index in [0.29, 0.717) is 24.4 Å². The summed E-state index contributed by atoms with van der Waals surface area (Å²) in [5.74, 6) is 0.168. The Balaban J connectivity index is 1.93. The number of rotatable bonds is 1. The van der Waals surface area contributed by atoms with E-state index in [1.807, 2.05) is 20.8 Å². The molecule has 8 heteroatoms. The average molecular weight is 325 g/mol. The van der Waals surface area contributed by atoms with E-state index in [2.05, 4.69) is 10.1 Å². The molecule has 0 fully saturated rings. The second-order valence-corrected chi connectivity index (χ2v) is 6.55. The summed E-state index contributed by atoms with van der Waals surface area (Å²) in [5.41, 5.74) is 1.90. The Labute approximate surface area is 131 Å². The van der Waals surface area contributed by atoms with Crippen molar-refractivity contribution in [1.29, 1.82) is 0 Å². The maximum atomic E-state index is 12.1. The lowest BCUT2D eigenvalue weighted by Gasteiger charge is -2.24. The molecule has 0 spiro atoms.